The van der Waals surface area contributed by atoms with Gasteiger partial charge < -0.3 is 15.7 Å². The molecule has 0 aliphatic carbocycles. The minimum Gasteiger partial charge on any atom is -0.481 e. The zero-order valence-electron chi connectivity index (χ0n) is 11.7. The summed E-state index contributed by atoms with van der Waals surface area (Å²) in [5.74, 6) is -0.826. The van der Waals surface area contributed by atoms with Gasteiger partial charge in [-0.15, -0.1) is 0 Å². The van der Waals surface area contributed by atoms with E-state index in [0.717, 1.165) is 25.9 Å². The molecule has 1 fully saturated rings. The Morgan fingerprint density at radius 2 is 2.16 bits per heavy atom. The molecule has 1 rings (SSSR count). The van der Waals surface area contributed by atoms with Gasteiger partial charge in [0.1, 0.15) is 0 Å². The van der Waals surface area contributed by atoms with Gasteiger partial charge in [0.2, 0.25) is 5.91 Å². The van der Waals surface area contributed by atoms with Crippen molar-refractivity contribution in [3.63, 3.8) is 0 Å². The van der Waals surface area contributed by atoms with Crippen LogP contribution >= 0.6 is 0 Å². The zero-order chi connectivity index (χ0) is 14.1. The minimum atomic E-state index is -0.820. The van der Waals surface area contributed by atoms with Crippen LogP contribution in [0.5, 0.6) is 0 Å². The number of nitrogens with zero attached hydrogens (tertiary/aromatic N) is 1. The van der Waals surface area contributed by atoms with Crippen LogP contribution in [0.1, 0.15) is 32.1 Å². The lowest BCUT2D eigenvalue weighted by atomic mass is 10.0. The van der Waals surface area contributed by atoms with Crippen molar-refractivity contribution in [2.24, 2.45) is 0 Å². The Bertz CT molecular complexity index is 295. The molecule has 1 aliphatic heterocycles. The van der Waals surface area contributed by atoms with Crippen molar-refractivity contribution in [2.75, 3.05) is 33.2 Å². The second kappa shape index (κ2) is 8.87. The SMILES string of the molecule is CNCC1CCCCN1CC(=O)NCCCC(=O)O. The Labute approximate surface area is 114 Å². The Morgan fingerprint density at radius 3 is 2.84 bits per heavy atom. The number of piperidine rings is 1. The summed E-state index contributed by atoms with van der Waals surface area (Å²) in [6.45, 7) is 2.73. The van der Waals surface area contributed by atoms with Gasteiger partial charge in [-0.3, -0.25) is 14.5 Å². The number of carbonyl (C=O) groups is 2. The number of rotatable bonds is 8. The molecule has 1 saturated heterocycles. The number of hydrogen-bond donors (Lipinski definition) is 3. The van der Waals surface area contributed by atoms with Crippen molar-refractivity contribution in [3.05, 3.63) is 0 Å². The minimum absolute atomic E-state index is 0.00612. The van der Waals surface area contributed by atoms with Crippen LogP contribution < -0.4 is 10.6 Å². The first-order chi connectivity index (χ1) is 9.13. The predicted molar refractivity (Wildman–Crippen MR) is 73.0 cm³/mol. The Kier molecular flexibility index (Phi) is 7.43. The van der Waals surface area contributed by atoms with Gasteiger partial charge >= 0.3 is 5.97 Å². The van der Waals surface area contributed by atoms with E-state index in [4.69, 9.17) is 5.11 Å². The highest BCUT2D eigenvalue weighted by molar-refractivity contribution is 5.78. The van der Waals surface area contributed by atoms with Crippen molar-refractivity contribution in [2.45, 2.75) is 38.1 Å². The van der Waals surface area contributed by atoms with Crippen LogP contribution in [0.2, 0.25) is 0 Å². The molecule has 1 atom stereocenters. The van der Waals surface area contributed by atoms with Crippen LogP contribution in [-0.2, 0) is 9.59 Å². The fraction of sp³-hybridized carbons (Fsp3) is 0.846. The largest absolute Gasteiger partial charge is 0.481 e. The van der Waals surface area contributed by atoms with Gasteiger partial charge in [-0.05, 0) is 32.9 Å². The molecule has 6 heteroatoms. The van der Waals surface area contributed by atoms with E-state index >= 15 is 0 Å². The van der Waals surface area contributed by atoms with Crippen LogP contribution in [0, 0.1) is 0 Å². The highest BCUT2D eigenvalue weighted by Crippen LogP contribution is 2.15. The molecular formula is C13H25N3O3. The van der Waals surface area contributed by atoms with E-state index in [1.165, 1.54) is 6.42 Å². The number of carbonyl (C=O) groups excluding carboxylic acids is 1. The number of likely N-dealkylation sites (tertiary alicyclic amines) is 1. The Hall–Kier alpha value is -1.14. The molecule has 110 valence electrons. The van der Waals surface area contributed by atoms with Crippen molar-refractivity contribution < 1.29 is 14.7 Å². The summed E-state index contributed by atoms with van der Waals surface area (Å²) in [6, 6.07) is 0.434. The molecule has 0 bridgehead atoms. The van der Waals surface area contributed by atoms with Gasteiger partial charge in [0, 0.05) is 25.6 Å². The molecule has 3 N–H and O–H groups in total. The third-order valence-corrected chi connectivity index (χ3v) is 3.43. The van der Waals surface area contributed by atoms with E-state index in [0.29, 0.717) is 25.6 Å². The second-order valence-corrected chi connectivity index (χ2v) is 5.03. The molecule has 0 aromatic rings. The normalized spacial score (nSPS) is 20.2. The number of likely N-dealkylation sites (N-methyl/N-ethyl adjacent to an activating group) is 1. The summed E-state index contributed by atoms with van der Waals surface area (Å²) in [5, 5.41) is 14.5. The van der Waals surface area contributed by atoms with Crippen LogP contribution in [0.25, 0.3) is 0 Å². The molecule has 0 aromatic carbocycles. The monoisotopic (exact) mass is 271 g/mol. The maximum atomic E-state index is 11.8. The lowest BCUT2D eigenvalue weighted by molar-refractivity contribution is -0.137. The number of amides is 1. The number of aliphatic carboxylic acids is 1. The van der Waals surface area contributed by atoms with E-state index in [9.17, 15) is 9.59 Å². The maximum absolute atomic E-state index is 11.8. The molecule has 19 heavy (non-hydrogen) atoms. The summed E-state index contributed by atoms with van der Waals surface area (Å²) in [4.78, 5) is 24.3. The van der Waals surface area contributed by atoms with E-state index in [1.54, 1.807) is 0 Å². The van der Waals surface area contributed by atoms with E-state index in [-0.39, 0.29) is 12.3 Å². The average molecular weight is 271 g/mol. The lowest BCUT2D eigenvalue weighted by Gasteiger charge is -2.35. The molecule has 1 amide bonds. The fourth-order valence-electron chi connectivity index (χ4n) is 2.44. The van der Waals surface area contributed by atoms with Gasteiger partial charge in [-0.2, -0.15) is 0 Å². The highest BCUT2D eigenvalue weighted by atomic mass is 16.4. The molecule has 1 unspecified atom stereocenters. The topological polar surface area (TPSA) is 81.7 Å². The number of hydrogen-bond acceptors (Lipinski definition) is 4. The number of carboxylic acids is 1. The third kappa shape index (κ3) is 6.54. The lowest BCUT2D eigenvalue weighted by Crippen LogP contribution is -2.49. The molecule has 1 aliphatic rings. The van der Waals surface area contributed by atoms with E-state index in [2.05, 4.69) is 15.5 Å². The first-order valence-corrected chi connectivity index (χ1v) is 7.00. The molecule has 1 heterocycles. The average Bonchev–Trinajstić information content (AvgIpc) is 2.37. The van der Waals surface area contributed by atoms with Gasteiger partial charge in [-0.25, -0.2) is 0 Å². The molecule has 0 radical (unpaired) electrons. The van der Waals surface area contributed by atoms with Crippen molar-refractivity contribution in [3.8, 4) is 0 Å². The highest BCUT2D eigenvalue weighted by Gasteiger charge is 2.23. The molecule has 0 saturated carbocycles. The molecule has 0 spiro atoms. The van der Waals surface area contributed by atoms with Crippen LogP contribution in [-0.4, -0.2) is 61.2 Å². The number of carboxylic acid groups (broad SMARTS) is 1. The zero-order valence-corrected chi connectivity index (χ0v) is 11.7. The van der Waals surface area contributed by atoms with Gasteiger partial charge in [-0.1, -0.05) is 6.42 Å². The smallest absolute Gasteiger partial charge is 0.303 e. The van der Waals surface area contributed by atoms with Gasteiger partial charge in [0.25, 0.3) is 0 Å². The summed E-state index contributed by atoms with van der Waals surface area (Å²) in [7, 11) is 1.93. The van der Waals surface area contributed by atoms with Crippen molar-refractivity contribution >= 4 is 11.9 Å². The standard InChI is InChI=1S/C13H25N3O3/c1-14-9-11-5-2-3-8-16(11)10-12(17)15-7-4-6-13(18)19/h11,14H,2-10H2,1H3,(H,15,17)(H,18,19). The summed E-state index contributed by atoms with van der Waals surface area (Å²) in [6.07, 6.45) is 4.09. The van der Waals surface area contributed by atoms with E-state index < -0.39 is 5.97 Å². The Balaban J connectivity index is 2.23. The molecular weight excluding hydrogens is 246 g/mol. The van der Waals surface area contributed by atoms with Gasteiger partial charge in [0.15, 0.2) is 0 Å². The van der Waals surface area contributed by atoms with Crippen LogP contribution in [0.3, 0.4) is 0 Å². The maximum Gasteiger partial charge on any atom is 0.303 e. The first kappa shape index (κ1) is 15.9. The van der Waals surface area contributed by atoms with Crippen molar-refractivity contribution in [1.82, 2.24) is 15.5 Å². The summed E-state index contributed by atoms with van der Waals surface area (Å²) >= 11 is 0. The second-order valence-electron chi connectivity index (χ2n) is 5.03. The van der Waals surface area contributed by atoms with E-state index in [1.807, 2.05) is 7.05 Å². The molecule has 0 aromatic heterocycles. The Morgan fingerprint density at radius 1 is 1.37 bits per heavy atom. The summed E-state index contributed by atoms with van der Waals surface area (Å²) in [5.41, 5.74) is 0. The summed E-state index contributed by atoms with van der Waals surface area (Å²) < 4.78 is 0. The fourth-order valence-corrected chi connectivity index (χ4v) is 2.44. The first-order valence-electron chi connectivity index (χ1n) is 7.00. The molecule has 6 nitrogen and oxygen atoms in total. The van der Waals surface area contributed by atoms with Crippen LogP contribution in [0.15, 0.2) is 0 Å². The third-order valence-electron chi connectivity index (χ3n) is 3.43. The quantitative estimate of drug-likeness (QED) is 0.543. The predicted octanol–water partition coefficient (Wildman–Crippen LogP) is 0.0413. The number of nitrogens with one attached hydrogen (secondary N) is 2. The van der Waals surface area contributed by atoms with Crippen LogP contribution in [0.4, 0.5) is 0 Å². The van der Waals surface area contributed by atoms with Crippen molar-refractivity contribution in [1.29, 1.82) is 0 Å². The van der Waals surface area contributed by atoms with Gasteiger partial charge in [0.05, 0.1) is 6.54 Å².